The van der Waals surface area contributed by atoms with Crippen molar-refractivity contribution in [3.05, 3.63) is 24.3 Å². The van der Waals surface area contributed by atoms with Crippen molar-refractivity contribution in [2.45, 2.75) is 30.6 Å². The summed E-state index contributed by atoms with van der Waals surface area (Å²) < 4.78 is 5.67. The normalized spacial score (nSPS) is 16.5. The molecule has 0 saturated carbocycles. The SMILES string of the molecule is NCCCOc1cccc(SCN2CCCCC2)c1. The molecule has 19 heavy (non-hydrogen) atoms. The minimum absolute atomic E-state index is 0.684. The molecule has 1 aromatic carbocycles. The highest BCUT2D eigenvalue weighted by molar-refractivity contribution is 7.99. The van der Waals surface area contributed by atoms with E-state index in [-0.39, 0.29) is 0 Å². The first-order valence-corrected chi connectivity index (χ1v) is 8.15. The molecule has 1 aliphatic heterocycles. The summed E-state index contributed by atoms with van der Waals surface area (Å²) in [6, 6.07) is 8.37. The zero-order valence-electron chi connectivity index (χ0n) is 11.5. The fraction of sp³-hybridized carbons (Fsp3) is 0.600. The zero-order valence-corrected chi connectivity index (χ0v) is 12.3. The summed E-state index contributed by atoms with van der Waals surface area (Å²) in [6.45, 7) is 3.89. The van der Waals surface area contributed by atoms with E-state index in [9.17, 15) is 0 Å². The smallest absolute Gasteiger partial charge is 0.120 e. The average molecular weight is 280 g/mol. The molecule has 0 atom stereocenters. The Hall–Kier alpha value is -0.710. The van der Waals surface area contributed by atoms with Crippen LogP contribution >= 0.6 is 11.8 Å². The standard InChI is InChI=1S/C15H24N2OS/c16-8-5-11-18-14-6-4-7-15(12-14)19-13-17-9-2-1-3-10-17/h4,6-7,12H,1-3,5,8-11,13,16H2. The summed E-state index contributed by atoms with van der Waals surface area (Å²) in [6.07, 6.45) is 5.00. The molecule has 0 amide bonds. The maximum Gasteiger partial charge on any atom is 0.120 e. The van der Waals surface area contributed by atoms with Gasteiger partial charge in [-0.2, -0.15) is 0 Å². The van der Waals surface area contributed by atoms with Crippen LogP contribution in [0.5, 0.6) is 5.75 Å². The molecule has 1 saturated heterocycles. The minimum Gasteiger partial charge on any atom is -0.494 e. The number of piperidine rings is 1. The van der Waals surface area contributed by atoms with Crippen molar-refractivity contribution in [1.82, 2.24) is 4.90 Å². The second-order valence-corrected chi connectivity index (χ2v) is 5.94. The number of ether oxygens (including phenoxy) is 1. The Bertz CT molecular complexity index is 367. The van der Waals surface area contributed by atoms with Crippen molar-refractivity contribution < 1.29 is 4.74 Å². The van der Waals surface area contributed by atoms with Crippen molar-refractivity contribution >= 4 is 11.8 Å². The summed E-state index contributed by atoms with van der Waals surface area (Å²) >= 11 is 1.90. The number of hydrogen-bond donors (Lipinski definition) is 1. The van der Waals surface area contributed by atoms with Gasteiger partial charge in [0.1, 0.15) is 5.75 Å². The van der Waals surface area contributed by atoms with Gasteiger partial charge in [-0.3, -0.25) is 4.90 Å². The van der Waals surface area contributed by atoms with Crippen molar-refractivity contribution in [2.75, 3.05) is 32.1 Å². The van der Waals surface area contributed by atoms with E-state index >= 15 is 0 Å². The number of benzene rings is 1. The fourth-order valence-corrected chi connectivity index (χ4v) is 3.15. The summed E-state index contributed by atoms with van der Waals surface area (Å²) in [5.41, 5.74) is 5.46. The number of hydrogen-bond acceptors (Lipinski definition) is 4. The Morgan fingerprint density at radius 3 is 2.84 bits per heavy atom. The molecule has 2 rings (SSSR count). The predicted molar refractivity (Wildman–Crippen MR) is 81.8 cm³/mol. The van der Waals surface area contributed by atoms with E-state index < -0.39 is 0 Å². The zero-order chi connectivity index (χ0) is 13.3. The lowest BCUT2D eigenvalue weighted by molar-refractivity contribution is 0.266. The van der Waals surface area contributed by atoms with Crippen LogP contribution in [0, 0.1) is 0 Å². The van der Waals surface area contributed by atoms with E-state index in [0.29, 0.717) is 13.2 Å². The molecule has 0 unspecified atom stereocenters. The quantitative estimate of drug-likeness (QED) is 0.615. The van der Waals surface area contributed by atoms with E-state index in [0.717, 1.165) is 18.0 Å². The third-order valence-electron chi connectivity index (χ3n) is 3.29. The number of rotatable bonds is 7. The van der Waals surface area contributed by atoms with Gasteiger partial charge in [0.15, 0.2) is 0 Å². The maximum atomic E-state index is 5.67. The van der Waals surface area contributed by atoms with Crippen molar-refractivity contribution in [2.24, 2.45) is 5.73 Å². The molecule has 1 fully saturated rings. The lowest BCUT2D eigenvalue weighted by atomic mass is 10.1. The van der Waals surface area contributed by atoms with E-state index in [2.05, 4.69) is 23.1 Å². The predicted octanol–water partition coefficient (Wildman–Crippen LogP) is 2.95. The topological polar surface area (TPSA) is 38.5 Å². The molecule has 1 aromatic rings. The molecule has 0 spiro atoms. The highest BCUT2D eigenvalue weighted by Crippen LogP contribution is 2.24. The highest BCUT2D eigenvalue weighted by atomic mass is 32.2. The van der Waals surface area contributed by atoms with Crippen molar-refractivity contribution in [3.63, 3.8) is 0 Å². The van der Waals surface area contributed by atoms with Crippen molar-refractivity contribution in [3.8, 4) is 5.75 Å². The van der Waals surface area contributed by atoms with Gasteiger partial charge in [-0.1, -0.05) is 12.5 Å². The lowest BCUT2D eigenvalue weighted by Gasteiger charge is -2.25. The molecule has 3 nitrogen and oxygen atoms in total. The van der Waals surface area contributed by atoms with Gasteiger partial charge in [-0.05, 0) is 57.1 Å². The first kappa shape index (κ1) is 14.7. The van der Waals surface area contributed by atoms with E-state index in [4.69, 9.17) is 10.5 Å². The average Bonchev–Trinajstić information content (AvgIpc) is 2.47. The van der Waals surface area contributed by atoms with Crippen LogP contribution in [-0.4, -0.2) is 37.0 Å². The number of nitrogens with zero attached hydrogens (tertiary/aromatic N) is 1. The van der Waals surface area contributed by atoms with Crippen LogP contribution in [0.1, 0.15) is 25.7 Å². The van der Waals surface area contributed by atoms with Gasteiger partial charge in [-0.25, -0.2) is 0 Å². The molecule has 0 radical (unpaired) electrons. The van der Waals surface area contributed by atoms with Crippen molar-refractivity contribution in [1.29, 1.82) is 0 Å². The number of thioether (sulfide) groups is 1. The summed E-state index contributed by atoms with van der Waals surface area (Å²) in [5, 5.41) is 0. The molecule has 4 heteroatoms. The summed E-state index contributed by atoms with van der Waals surface area (Å²) in [7, 11) is 0. The lowest BCUT2D eigenvalue weighted by Crippen LogP contribution is -2.29. The van der Waals surface area contributed by atoms with Gasteiger partial charge >= 0.3 is 0 Å². The molecule has 2 N–H and O–H groups in total. The third-order valence-corrected chi connectivity index (χ3v) is 4.37. The van der Waals surface area contributed by atoms with Gasteiger partial charge in [0.25, 0.3) is 0 Å². The molecular weight excluding hydrogens is 256 g/mol. The van der Waals surface area contributed by atoms with Gasteiger partial charge in [0.2, 0.25) is 0 Å². The molecule has 106 valence electrons. The van der Waals surface area contributed by atoms with Gasteiger partial charge in [0.05, 0.1) is 6.61 Å². The molecule has 0 aromatic heterocycles. The van der Waals surface area contributed by atoms with E-state index in [1.807, 2.05) is 17.8 Å². The Morgan fingerprint density at radius 2 is 2.05 bits per heavy atom. The van der Waals surface area contributed by atoms with Crippen LogP contribution in [0.4, 0.5) is 0 Å². The Morgan fingerprint density at radius 1 is 1.21 bits per heavy atom. The fourth-order valence-electron chi connectivity index (χ4n) is 2.18. The van der Waals surface area contributed by atoms with Crippen LogP contribution in [0.25, 0.3) is 0 Å². The van der Waals surface area contributed by atoms with Crippen LogP contribution in [0.3, 0.4) is 0 Å². The highest BCUT2D eigenvalue weighted by Gasteiger charge is 2.10. The number of likely N-dealkylation sites (tertiary alicyclic amines) is 1. The first-order chi connectivity index (χ1) is 9.38. The van der Waals surface area contributed by atoms with Gasteiger partial charge in [0, 0.05) is 10.8 Å². The van der Waals surface area contributed by atoms with Crippen LogP contribution < -0.4 is 10.5 Å². The summed E-state index contributed by atoms with van der Waals surface area (Å²) in [4.78, 5) is 3.83. The Kier molecular flexibility index (Phi) is 6.54. The number of nitrogens with two attached hydrogens (primary N) is 1. The summed E-state index contributed by atoms with van der Waals surface area (Å²) in [5.74, 6) is 2.05. The van der Waals surface area contributed by atoms with Gasteiger partial charge < -0.3 is 10.5 Å². The Labute approximate surface area is 120 Å². The maximum absolute atomic E-state index is 5.67. The molecule has 1 aliphatic rings. The molecule has 0 aliphatic carbocycles. The van der Waals surface area contributed by atoms with E-state index in [1.54, 1.807) is 0 Å². The Balaban J connectivity index is 1.77. The van der Waals surface area contributed by atoms with E-state index in [1.165, 1.54) is 37.2 Å². The molecular formula is C15H24N2OS. The van der Waals surface area contributed by atoms with Crippen LogP contribution in [0.15, 0.2) is 29.2 Å². The monoisotopic (exact) mass is 280 g/mol. The largest absolute Gasteiger partial charge is 0.494 e. The second-order valence-electron chi connectivity index (χ2n) is 4.92. The van der Waals surface area contributed by atoms with Gasteiger partial charge in [-0.15, -0.1) is 11.8 Å². The second kappa shape index (κ2) is 8.46. The van der Waals surface area contributed by atoms with Crippen LogP contribution in [-0.2, 0) is 0 Å². The first-order valence-electron chi connectivity index (χ1n) is 7.16. The minimum atomic E-state index is 0.684. The molecule has 1 heterocycles. The third kappa shape index (κ3) is 5.43. The molecule has 0 bridgehead atoms. The van der Waals surface area contributed by atoms with Crippen LogP contribution in [0.2, 0.25) is 0 Å².